The SMILES string of the molecule is CCOC(=O)c1ccc(N2C(=O)NC(=O)/C(=C\c3cc(I)c(OCc4ccc(Cl)cc4)c(OC)c3)C2=O)cc1. The van der Waals surface area contributed by atoms with E-state index in [1.54, 1.807) is 31.2 Å². The predicted octanol–water partition coefficient (Wildman–Crippen LogP) is 5.38. The monoisotopic (exact) mass is 660 g/mol. The highest BCUT2D eigenvalue weighted by Gasteiger charge is 2.37. The number of halogens is 2. The Balaban J connectivity index is 1.60. The van der Waals surface area contributed by atoms with Crippen LogP contribution in [-0.2, 0) is 20.9 Å². The van der Waals surface area contributed by atoms with Gasteiger partial charge in [-0.1, -0.05) is 23.7 Å². The van der Waals surface area contributed by atoms with Gasteiger partial charge in [0.2, 0.25) is 0 Å². The molecule has 0 radical (unpaired) electrons. The fraction of sp³-hybridized carbons (Fsp3) is 0.143. The lowest BCUT2D eigenvalue weighted by Crippen LogP contribution is -2.54. The molecule has 1 heterocycles. The lowest BCUT2D eigenvalue weighted by atomic mass is 10.1. The van der Waals surface area contributed by atoms with Gasteiger partial charge in [-0.05, 0) is 95.2 Å². The molecule has 1 N–H and O–H groups in total. The zero-order valence-corrected chi connectivity index (χ0v) is 23.7. The van der Waals surface area contributed by atoms with Crippen molar-refractivity contribution >= 4 is 69.8 Å². The van der Waals surface area contributed by atoms with E-state index < -0.39 is 23.8 Å². The van der Waals surface area contributed by atoms with E-state index in [1.165, 1.54) is 37.5 Å². The molecular weight excluding hydrogens is 639 g/mol. The number of imide groups is 2. The van der Waals surface area contributed by atoms with Gasteiger partial charge in [-0.15, -0.1) is 0 Å². The number of rotatable bonds is 8. The van der Waals surface area contributed by atoms with Crippen molar-refractivity contribution in [2.24, 2.45) is 0 Å². The maximum absolute atomic E-state index is 13.3. The average Bonchev–Trinajstić information content (AvgIpc) is 2.91. The summed E-state index contributed by atoms with van der Waals surface area (Å²) in [6.07, 6.45) is 1.37. The Morgan fingerprint density at radius 1 is 1.05 bits per heavy atom. The number of ether oxygens (including phenoxy) is 3. The highest BCUT2D eigenvalue weighted by atomic mass is 127. The van der Waals surface area contributed by atoms with E-state index in [0.29, 0.717) is 25.7 Å². The van der Waals surface area contributed by atoms with Gasteiger partial charge in [0.25, 0.3) is 11.8 Å². The van der Waals surface area contributed by atoms with Gasteiger partial charge in [0.1, 0.15) is 12.2 Å². The number of hydrogen-bond acceptors (Lipinski definition) is 7. The minimum absolute atomic E-state index is 0.182. The van der Waals surface area contributed by atoms with Crippen molar-refractivity contribution in [1.82, 2.24) is 5.32 Å². The lowest BCUT2D eigenvalue weighted by Gasteiger charge is -2.26. The van der Waals surface area contributed by atoms with Crippen LogP contribution in [0.4, 0.5) is 10.5 Å². The molecule has 3 aromatic carbocycles. The number of carbonyl (C=O) groups is 4. The summed E-state index contributed by atoms with van der Waals surface area (Å²) in [5.74, 6) is -1.29. The first-order valence-electron chi connectivity index (χ1n) is 11.6. The van der Waals surface area contributed by atoms with Gasteiger partial charge in [0.05, 0.1) is 28.5 Å². The third-order valence-electron chi connectivity index (χ3n) is 5.60. The second kappa shape index (κ2) is 12.3. The van der Waals surface area contributed by atoms with E-state index in [4.69, 9.17) is 25.8 Å². The first-order chi connectivity index (χ1) is 18.7. The number of barbiturate groups is 1. The molecule has 200 valence electrons. The van der Waals surface area contributed by atoms with Crippen LogP contribution >= 0.6 is 34.2 Å². The highest BCUT2D eigenvalue weighted by Crippen LogP contribution is 2.35. The van der Waals surface area contributed by atoms with Crippen molar-refractivity contribution < 1.29 is 33.4 Å². The minimum Gasteiger partial charge on any atom is -0.493 e. The average molecular weight is 661 g/mol. The zero-order chi connectivity index (χ0) is 28.1. The fourth-order valence-electron chi connectivity index (χ4n) is 3.72. The third kappa shape index (κ3) is 6.40. The maximum Gasteiger partial charge on any atom is 0.338 e. The molecule has 9 nitrogen and oxygen atoms in total. The van der Waals surface area contributed by atoms with Crippen LogP contribution in [0.3, 0.4) is 0 Å². The Kier molecular flexibility index (Phi) is 8.87. The van der Waals surface area contributed by atoms with Crippen LogP contribution in [0.15, 0.2) is 66.2 Å². The Bertz CT molecular complexity index is 1470. The van der Waals surface area contributed by atoms with Crippen LogP contribution in [-0.4, -0.2) is 37.5 Å². The quantitative estimate of drug-likeness (QED) is 0.150. The van der Waals surface area contributed by atoms with Crippen molar-refractivity contribution in [1.29, 1.82) is 0 Å². The summed E-state index contributed by atoms with van der Waals surface area (Å²) in [5.41, 5.74) is 1.59. The second-order valence-corrected chi connectivity index (χ2v) is 9.77. The van der Waals surface area contributed by atoms with Gasteiger partial charge in [0.15, 0.2) is 11.5 Å². The molecule has 4 rings (SSSR count). The Labute approximate surface area is 242 Å². The molecule has 11 heteroatoms. The van der Waals surface area contributed by atoms with Crippen molar-refractivity contribution in [2.75, 3.05) is 18.6 Å². The largest absolute Gasteiger partial charge is 0.493 e. The summed E-state index contributed by atoms with van der Waals surface area (Å²) < 4.78 is 17.1. The van der Waals surface area contributed by atoms with Crippen LogP contribution in [0.1, 0.15) is 28.4 Å². The van der Waals surface area contributed by atoms with Crippen LogP contribution in [0.2, 0.25) is 5.02 Å². The molecule has 0 unspecified atom stereocenters. The molecule has 0 bridgehead atoms. The molecule has 1 aliphatic rings. The van der Waals surface area contributed by atoms with E-state index in [0.717, 1.165) is 10.5 Å². The molecule has 1 saturated heterocycles. The van der Waals surface area contributed by atoms with Crippen molar-refractivity contribution in [3.63, 3.8) is 0 Å². The molecule has 0 saturated carbocycles. The summed E-state index contributed by atoms with van der Waals surface area (Å²) in [6, 6.07) is 15.4. The molecular formula is C28H22ClIN2O7. The highest BCUT2D eigenvalue weighted by molar-refractivity contribution is 14.1. The number of carbonyl (C=O) groups excluding carboxylic acids is 4. The number of hydrogen-bond donors (Lipinski definition) is 1. The molecule has 1 fully saturated rings. The number of methoxy groups -OCH3 is 1. The van der Waals surface area contributed by atoms with Crippen LogP contribution in [0, 0.1) is 3.57 Å². The van der Waals surface area contributed by atoms with Gasteiger partial charge < -0.3 is 14.2 Å². The molecule has 0 atom stereocenters. The van der Waals surface area contributed by atoms with Gasteiger partial charge in [-0.2, -0.15) is 0 Å². The van der Waals surface area contributed by atoms with Gasteiger partial charge in [0, 0.05) is 5.02 Å². The Morgan fingerprint density at radius 2 is 1.74 bits per heavy atom. The maximum atomic E-state index is 13.3. The third-order valence-corrected chi connectivity index (χ3v) is 6.65. The molecule has 4 amide bonds. The Morgan fingerprint density at radius 3 is 2.38 bits per heavy atom. The molecule has 0 aliphatic carbocycles. The standard InChI is InChI=1S/C28H22ClIN2O7/c1-3-38-27(35)18-6-10-20(11-7-18)32-26(34)21(25(33)31-28(32)36)12-17-13-22(30)24(23(14-17)37-2)39-15-16-4-8-19(29)9-5-16/h4-14H,3,15H2,1-2H3,(H,31,33,36)/b21-12+. The number of benzene rings is 3. The number of nitrogens with one attached hydrogen (secondary N) is 1. The predicted molar refractivity (Wildman–Crippen MR) is 153 cm³/mol. The van der Waals surface area contributed by atoms with Crippen LogP contribution in [0.5, 0.6) is 11.5 Å². The van der Waals surface area contributed by atoms with E-state index in [1.807, 2.05) is 12.1 Å². The van der Waals surface area contributed by atoms with E-state index in [-0.39, 0.29) is 30.0 Å². The second-order valence-electron chi connectivity index (χ2n) is 8.17. The normalized spacial score (nSPS) is 14.3. The van der Waals surface area contributed by atoms with Gasteiger partial charge in [-0.25, -0.2) is 14.5 Å². The topological polar surface area (TPSA) is 111 Å². The van der Waals surface area contributed by atoms with Gasteiger partial charge in [-0.3, -0.25) is 14.9 Å². The Hall–Kier alpha value is -3.90. The molecule has 39 heavy (non-hydrogen) atoms. The summed E-state index contributed by atoms with van der Waals surface area (Å²) in [5, 5.41) is 2.81. The molecule has 0 aromatic heterocycles. The first-order valence-corrected chi connectivity index (χ1v) is 13.1. The number of esters is 1. The van der Waals surface area contributed by atoms with Gasteiger partial charge >= 0.3 is 12.0 Å². The lowest BCUT2D eigenvalue weighted by molar-refractivity contribution is -0.122. The summed E-state index contributed by atoms with van der Waals surface area (Å²) in [4.78, 5) is 51.2. The fourth-order valence-corrected chi connectivity index (χ4v) is 4.63. The minimum atomic E-state index is -0.899. The number of anilines is 1. The summed E-state index contributed by atoms with van der Waals surface area (Å²) in [6.45, 7) is 2.17. The van der Waals surface area contributed by atoms with Crippen molar-refractivity contribution in [2.45, 2.75) is 13.5 Å². The van der Waals surface area contributed by atoms with E-state index >= 15 is 0 Å². The number of amides is 4. The van der Waals surface area contributed by atoms with Crippen molar-refractivity contribution in [3.8, 4) is 11.5 Å². The summed E-state index contributed by atoms with van der Waals surface area (Å²) >= 11 is 8.02. The zero-order valence-electron chi connectivity index (χ0n) is 20.8. The first kappa shape index (κ1) is 28.1. The smallest absolute Gasteiger partial charge is 0.338 e. The van der Waals surface area contributed by atoms with Crippen molar-refractivity contribution in [3.05, 3.63) is 91.5 Å². The molecule has 3 aromatic rings. The van der Waals surface area contributed by atoms with E-state index in [9.17, 15) is 19.2 Å². The number of urea groups is 1. The molecule has 0 spiro atoms. The van der Waals surface area contributed by atoms with E-state index in [2.05, 4.69) is 27.9 Å². The summed E-state index contributed by atoms with van der Waals surface area (Å²) in [7, 11) is 1.48. The molecule has 1 aliphatic heterocycles. The van der Waals surface area contributed by atoms with Crippen LogP contribution < -0.4 is 19.7 Å². The number of nitrogens with zero attached hydrogens (tertiary/aromatic N) is 1. The van der Waals surface area contributed by atoms with Crippen LogP contribution in [0.25, 0.3) is 6.08 Å².